The summed E-state index contributed by atoms with van der Waals surface area (Å²) in [4.78, 5) is 15.9. The second-order valence-corrected chi connectivity index (χ2v) is 16.6. The van der Waals surface area contributed by atoms with Crippen LogP contribution in [-0.4, -0.2) is 74.1 Å². The number of hydrogen-bond donors (Lipinski definition) is 2. The molecule has 2 fully saturated rings. The van der Waals surface area contributed by atoms with Gasteiger partial charge in [0.05, 0.1) is 36.4 Å². The number of hydrogen-bond acceptors (Lipinski definition) is 7. The van der Waals surface area contributed by atoms with Crippen molar-refractivity contribution in [3.05, 3.63) is 58.1 Å². The van der Waals surface area contributed by atoms with Crippen LogP contribution in [0.2, 0.25) is 5.02 Å². The van der Waals surface area contributed by atoms with E-state index in [9.17, 15) is 9.00 Å². The highest BCUT2D eigenvalue weighted by molar-refractivity contribution is 7.84. The summed E-state index contributed by atoms with van der Waals surface area (Å²) in [5.74, 6) is 2.36. The van der Waals surface area contributed by atoms with E-state index >= 15 is 0 Å². The summed E-state index contributed by atoms with van der Waals surface area (Å²) < 4.78 is 35.0. The van der Waals surface area contributed by atoms with Gasteiger partial charge in [-0.05, 0) is 104 Å². The number of ether oxygens (including phenoxy) is 3. The van der Waals surface area contributed by atoms with Crippen LogP contribution in [-0.2, 0) is 26.9 Å². The Morgan fingerprint density at radius 1 is 1.04 bits per heavy atom. The second-order valence-electron chi connectivity index (χ2n) is 14.6. The molecule has 9 unspecified atom stereocenters. The summed E-state index contributed by atoms with van der Waals surface area (Å²) in [5.41, 5.74) is 4.01. The lowest BCUT2D eigenvalue weighted by Crippen LogP contribution is -2.44. The number of methoxy groups -OCH3 is 1. The topological polar surface area (TPSA) is 89.1 Å². The molecular weight excluding hydrogens is 646 g/mol. The van der Waals surface area contributed by atoms with Crippen LogP contribution < -0.4 is 19.7 Å². The number of amides is 1. The molecule has 264 valence electrons. The number of carbonyl (C=O) groups excluding carboxylic acids is 1. The molecule has 9 atom stereocenters. The standard InChI is InChI=1S/C38H54ClN3O5S/c1-5-7-26-16-31(39)12-14-32(26)30-21-42-20-28-10-13-33(28)29(22-47-37-19-40-18-36(37)45-4)9-6-8-24(2)25(3)48(44)41-38(43)27-11-15-35(46-23-30)34(42)17-27/h11-12,14-17,24-25,28-30,33,36-37,40H,5-10,13,18-23H2,1-4H3,(H,41,43). The molecule has 2 aromatic rings. The molecule has 0 spiro atoms. The fourth-order valence-electron chi connectivity index (χ4n) is 8.27. The molecule has 6 rings (SSSR count). The molecule has 1 aliphatic carbocycles. The summed E-state index contributed by atoms with van der Waals surface area (Å²) in [5, 5.41) is 4.03. The number of rotatable bonds is 7. The first-order chi connectivity index (χ1) is 23.2. The van der Waals surface area contributed by atoms with Gasteiger partial charge in [0.1, 0.15) is 16.7 Å². The van der Waals surface area contributed by atoms with Crippen LogP contribution in [0.15, 0.2) is 36.4 Å². The third-order valence-electron chi connectivity index (χ3n) is 11.5. The molecule has 2 aromatic carbocycles. The highest BCUT2D eigenvalue weighted by Gasteiger charge is 2.40. The van der Waals surface area contributed by atoms with E-state index in [1.54, 1.807) is 13.2 Å². The van der Waals surface area contributed by atoms with Crippen molar-refractivity contribution in [3.63, 3.8) is 0 Å². The first kappa shape index (κ1) is 35.6. The predicted octanol–water partition coefficient (Wildman–Crippen LogP) is 6.52. The minimum atomic E-state index is -1.49. The maximum atomic E-state index is 13.5. The molecule has 8 nitrogen and oxygen atoms in total. The molecule has 1 saturated heterocycles. The van der Waals surface area contributed by atoms with Gasteiger partial charge in [0.15, 0.2) is 0 Å². The highest BCUT2D eigenvalue weighted by atomic mass is 35.5. The van der Waals surface area contributed by atoms with Crippen LogP contribution in [0.5, 0.6) is 5.75 Å². The number of aryl methyl sites for hydroxylation is 1. The Balaban J connectivity index is 1.32. The van der Waals surface area contributed by atoms with E-state index in [-0.39, 0.29) is 35.2 Å². The van der Waals surface area contributed by atoms with Crippen LogP contribution in [0.3, 0.4) is 0 Å². The monoisotopic (exact) mass is 699 g/mol. The van der Waals surface area contributed by atoms with Crippen LogP contribution in [0, 0.1) is 23.7 Å². The van der Waals surface area contributed by atoms with Crippen molar-refractivity contribution in [1.29, 1.82) is 0 Å². The molecular formula is C38H54ClN3O5S. The Bertz CT molecular complexity index is 1440. The van der Waals surface area contributed by atoms with Crippen molar-refractivity contribution in [2.75, 3.05) is 51.4 Å². The lowest BCUT2D eigenvalue weighted by Gasteiger charge is -2.45. The number of fused-ring (bicyclic) bond motifs is 2. The quantitative estimate of drug-likeness (QED) is 0.340. The molecule has 2 N–H and O–H groups in total. The molecule has 10 heteroatoms. The largest absolute Gasteiger partial charge is 0.491 e. The lowest BCUT2D eigenvalue weighted by atomic mass is 9.65. The molecule has 1 saturated carbocycles. The molecule has 0 aromatic heterocycles. The van der Waals surface area contributed by atoms with E-state index in [0.717, 1.165) is 81.3 Å². The SMILES string of the molecule is CCCc1cc(Cl)ccc1C1COc2ccc3cc2N(C1)CC1CCC1C(COC1CNCC1OC)CCCC(C)C(C)S(=O)NC3=O. The zero-order chi connectivity index (χ0) is 33.8. The minimum absolute atomic E-state index is 0.0735. The molecule has 2 bridgehead atoms. The maximum absolute atomic E-state index is 13.5. The predicted molar refractivity (Wildman–Crippen MR) is 194 cm³/mol. The molecule has 4 aliphatic rings. The van der Waals surface area contributed by atoms with Crippen molar-refractivity contribution < 1.29 is 23.2 Å². The van der Waals surface area contributed by atoms with Crippen LogP contribution in [0.1, 0.15) is 86.7 Å². The summed E-state index contributed by atoms with van der Waals surface area (Å²) >= 11 is 6.47. The fourth-order valence-corrected chi connectivity index (χ4v) is 9.51. The van der Waals surface area contributed by atoms with E-state index in [0.29, 0.717) is 29.9 Å². The van der Waals surface area contributed by atoms with Gasteiger partial charge < -0.3 is 24.4 Å². The Kier molecular flexibility index (Phi) is 12.1. The van der Waals surface area contributed by atoms with Gasteiger partial charge in [-0.1, -0.05) is 44.4 Å². The summed E-state index contributed by atoms with van der Waals surface area (Å²) in [6.45, 7) is 10.9. The third-order valence-corrected chi connectivity index (χ3v) is 13.3. The Hall–Kier alpha value is -2.17. The average Bonchev–Trinajstić information content (AvgIpc) is 3.45. The normalized spacial score (nSPS) is 32.8. The number of carbonyl (C=O) groups is 1. The molecule has 1 amide bonds. The number of anilines is 1. The van der Waals surface area contributed by atoms with Gasteiger partial charge >= 0.3 is 0 Å². The first-order valence-corrected chi connectivity index (χ1v) is 19.7. The van der Waals surface area contributed by atoms with Crippen molar-refractivity contribution in [1.82, 2.24) is 10.0 Å². The van der Waals surface area contributed by atoms with E-state index in [4.69, 9.17) is 25.8 Å². The number of nitrogens with zero attached hydrogens (tertiary/aromatic N) is 1. The highest BCUT2D eigenvalue weighted by Crippen LogP contribution is 2.45. The maximum Gasteiger partial charge on any atom is 0.263 e. The van der Waals surface area contributed by atoms with Gasteiger partial charge in [-0.2, -0.15) is 0 Å². The van der Waals surface area contributed by atoms with Gasteiger partial charge in [-0.15, -0.1) is 0 Å². The Labute approximate surface area is 294 Å². The Morgan fingerprint density at radius 3 is 2.65 bits per heavy atom. The molecule has 3 aliphatic heterocycles. The molecule has 48 heavy (non-hydrogen) atoms. The second kappa shape index (κ2) is 16.2. The van der Waals surface area contributed by atoms with E-state index in [1.165, 1.54) is 24.0 Å². The van der Waals surface area contributed by atoms with Crippen LogP contribution in [0.25, 0.3) is 0 Å². The number of benzene rings is 2. The van der Waals surface area contributed by atoms with Gasteiger partial charge in [-0.25, -0.2) is 4.21 Å². The number of halogens is 1. The van der Waals surface area contributed by atoms with Crippen LogP contribution in [0.4, 0.5) is 5.69 Å². The van der Waals surface area contributed by atoms with Gasteiger partial charge in [0.2, 0.25) is 0 Å². The zero-order valence-corrected chi connectivity index (χ0v) is 30.6. The van der Waals surface area contributed by atoms with Crippen molar-refractivity contribution >= 4 is 34.2 Å². The molecule has 0 radical (unpaired) electrons. The van der Waals surface area contributed by atoms with Crippen molar-refractivity contribution in [2.24, 2.45) is 23.7 Å². The summed E-state index contributed by atoms with van der Waals surface area (Å²) in [7, 11) is 0.280. The average molecular weight is 700 g/mol. The fraction of sp³-hybridized carbons (Fsp3) is 0.658. The Morgan fingerprint density at radius 2 is 1.88 bits per heavy atom. The smallest absolute Gasteiger partial charge is 0.263 e. The van der Waals surface area contributed by atoms with Gasteiger partial charge in [-0.3, -0.25) is 9.52 Å². The van der Waals surface area contributed by atoms with Gasteiger partial charge in [0.25, 0.3) is 5.91 Å². The van der Waals surface area contributed by atoms with E-state index in [1.807, 2.05) is 25.1 Å². The van der Waals surface area contributed by atoms with Crippen molar-refractivity contribution in [3.8, 4) is 5.75 Å². The minimum Gasteiger partial charge on any atom is -0.491 e. The lowest BCUT2D eigenvalue weighted by molar-refractivity contribution is -0.0597. The zero-order valence-electron chi connectivity index (χ0n) is 29.0. The third kappa shape index (κ3) is 8.07. The number of nitrogens with one attached hydrogen (secondary N) is 2. The van der Waals surface area contributed by atoms with Crippen LogP contribution >= 0.6 is 11.6 Å². The van der Waals surface area contributed by atoms with Gasteiger partial charge in [0, 0.05) is 49.8 Å². The molecule has 3 heterocycles. The summed E-state index contributed by atoms with van der Waals surface area (Å²) in [6.07, 6.45) is 7.63. The van der Waals surface area contributed by atoms with E-state index < -0.39 is 11.0 Å². The first-order valence-electron chi connectivity index (χ1n) is 18.1. The summed E-state index contributed by atoms with van der Waals surface area (Å²) in [6, 6.07) is 11.9. The van der Waals surface area contributed by atoms with Crippen molar-refractivity contribution in [2.45, 2.75) is 89.1 Å². The van der Waals surface area contributed by atoms with E-state index in [2.05, 4.69) is 40.9 Å².